The molecule has 94 valence electrons. The van der Waals surface area contributed by atoms with Crippen molar-refractivity contribution in [1.29, 1.82) is 0 Å². The van der Waals surface area contributed by atoms with Crippen molar-refractivity contribution in [3.05, 3.63) is 40.0 Å². The summed E-state index contributed by atoms with van der Waals surface area (Å²) in [5.41, 5.74) is 7.29. The second-order valence-corrected chi connectivity index (χ2v) is 5.15. The van der Waals surface area contributed by atoms with Crippen molar-refractivity contribution in [3.8, 4) is 11.6 Å². The molecule has 0 saturated heterocycles. The molecule has 2 N–H and O–H groups in total. The Hall–Kier alpha value is -1.40. The second kappa shape index (κ2) is 5.07. The van der Waals surface area contributed by atoms with Crippen LogP contribution in [0.5, 0.6) is 11.6 Å². The molecule has 18 heavy (non-hydrogen) atoms. The standard InChI is InChI=1S/C12H12BrN3OS/c1-7-5-11(16(2)15-7)17-8-3-4-9(12(14)18)10(13)6-8/h3-6H,1-2H3,(H2,14,18). The fraction of sp³-hybridized carbons (Fsp3) is 0.167. The van der Waals surface area contributed by atoms with E-state index in [-0.39, 0.29) is 0 Å². The van der Waals surface area contributed by atoms with Gasteiger partial charge in [0.25, 0.3) is 0 Å². The molecule has 1 heterocycles. The Morgan fingerprint density at radius 1 is 1.44 bits per heavy atom. The van der Waals surface area contributed by atoms with Gasteiger partial charge in [0.1, 0.15) is 10.7 Å². The monoisotopic (exact) mass is 325 g/mol. The van der Waals surface area contributed by atoms with Gasteiger partial charge in [0.05, 0.1) is 5.69 Å². The molecule has 6 heteroatoms. The highest BCUT2D eigenvalue weighted by atomic mass is 79.9. The van der Waals surface area contributed by atoms with E-state index in [9.17, 15) is 0 Å². The Kier molecular flexibility index (Phi) is 3.68. The maximum absolute atomic E-state index is 5.73. The van der Waals surface area contributed by atoms with Crippen LogP contribution in [0.25, 0.3) is 0 Å². The quantitative estimate of drug-likeness (QED) is 0.881. The Bertz CT molecular complexity index is 609. The van der Waals surface area contributed by atoms with Crippen LogP contribution in [0.1, 0.15) is 11.3 Å². The minimum atomic E-state index is 0.352. The third kappa shape index (κ3) is 2.70. The fourth-order valence-electron chi connectivity index (χ4n) is 1.56. The van der Waals surface area contributed by atoms with Crippen LogP contribution in [-0.2, 0) is 7.05 Å². The number of thiocarbonyl (C=S) groups is 1. The van der Waals surface area contributed by atoms with Crippen molar-refractivity contribution >= 4 is 33.1 Å². The molecule has 0 saturated carbocycles. The molecular formula is C12H12BrN3OS. The van der Waals surface area contributed by atoms with Crippen LogP contribution >= 0.6 is 28.1 Å². The number of aryl methyl sites for hydroxylation is 2. The average Bonchev–Trinajstić information content (AvgIpc) is 2.57. The smallest absolute Gasteiger partial charge is 0.217 e. The van der Waals surface area contributed by atoms with Crippen molar-refractivity contribution in [2.45, 2.75) is 6.92 Å². The van der Waals surface area contributed by atoms with Crippen LogP contribution in [0.15, 0.2) is 28.7 Å². The van der Waals surface area contributed by atoms with E-state index in [0.717, 1.165) is 15.7 Å². The number of aromatic nitrogens is 2. The first-order chi connectivity index (χ1) is 8.47. The van der Waals surface area contributed by atoms with E-state index in [1.165, 1.54) is 0 Å². The first kappa shape index (κ1) is 13.0. The highest BCUT2D eigenvalue weighted by molar-refractivity contribution is 9.10. The van der Waals surface area contributed by atoms with Crippen LogP contribution < -0.4 is 10.5 Å². The Morgan fingerprint density at radius 2 is 2.17 bits per heavy atom. The van der Waals surface area contributed by atoms with E-state index in [1.807, 2.05) is 38.2 Å². The molecule has 0 amide bonds. The van der Waals surface area contributed by atoms with Crippen molar-refractivity contribution in [1.82, 2.24) is 9.78 Å². The van der Waals surface area contributed by atoms with Crippen molar-refractivity contribution in [3.63, 3.8) is 0 Å². The lowest BCUT2D eigenvalue weighted by Gasteiger charge is -2.08. The van der Waals surface area contributed by atoms with Gasteiger partial charge in [-0.05, 0) is 41.1 Å². The van der Waals surface area contributed by atoms with Gasteiger partial charge in [-0.25, -0.2) is 4.68 Å². The molecule has 2 rings (SSSR count). The number of nitrogens with zero attached hydrogens (tertiary/aromatic N) is 2. The number of halogens is 1. The van der Waals surface area contributed by atoms with Crippen molar-refractivity contribution in [2.75, 3.05) is 0 Å². The van der Waals surface area contributed by atoms with E-state index >= 15 is 0 Å². The summed E-state index contributed by atoms with van der Waals surface area (Å²) >= 11 is 8.35. The lowest BCUT2D eigenvalue weighted by atomic mass is 10.2. The maximum atomic E-state index is 5.73. The van der Waals surface area contributed by atoms with Gasteiger partial charge in [-0.1, -0.05) is 12.2 Å². The summed E-state index contributed by atoms with van der Waals surface area (Å²) < 4.78 is 8.23. The zero-order valence-electron chi connectivity index (χ0n) is 9.98. The van der Waals surface area contributed by atoms with Crippen LogP contribution in [0.4, 0.5) is 0 Å². The predicted octanol–water partition coefficient (Wildman–Crippen LogP) is 2.92. The van der Waals surface area contributed by atoms with E-state index in [2.05, 4.69) is 21.0 Å². The fourth-order valence-corrected chi connectivity index (χ4v) is 2.44. The Morgan fingerprint density at radius 3 is 2.67 bits per heavy atom. The topological polar surface area (TPSA) is 53.1 Å². The second-order valence-electron chi connectivity index (χ2n) is 3.86. The molecule has 0 atom stereocenters. The molecule has 0 spiro atoms. The highest BCUT2D eigenvalue weighted by Crippen LogP contribution is 2.27. The molecule has 0 aliphatic heterocycles. The van der Waals surface area contributed by atoms with Gasteiger partial charge in [0.2, 0.25) is 5.88 Å². The van der Waals surface area contributed by atoms with Gasteiger partial charge >= 0.3 is 0 Å². The SMILES string of the molecule is Cc1cc(Oc2ccc(C(N)=S)c(Br)c2)n(C)n1. The van der Waals surface area contributed by atoms with E-state index in [1.54, 1.807) is 4.68 Å². The number of benzene rings is 1. The number of hydrogen-bond donors (Lipinski definition) is 1. The molecule has 2 aromatic rings. The predicted molar refractivity (Wildman–Crippen MR) is 78.0 cm³/mol. The van der Waals surface area contributed by atoms with Gasteiger partial charge in [-0.2, -0.15) is 5.10 Å². The van der Waals surface area contributed by atoms with Crippen LogP contribution in [0, 0.1) is 6.92 Å². The largest absolute Gasteiger partial charge is 0.439 e. The molecule has 1 aromatic carbocycles. The summed E-state index contributed by atoms with van der Waals surface area (Å²) in [5, 5.41) is 4.21. The van der Waals surface area contributed by atoms with Gasteiger partial charge in [0.15, 0.2) is 0 Å². The van der Waals surface area contributed by atoms with Crippen LogP contribution in [0.3, 0.4) is 0 Å². The van der Waals surface area contributed by atoms with Gasteiger partial charge < -0.3 is 10.5 Å². The molecule has 0 aliphatic rings. The van der Waals surface area contributed by atoms with Crippen molar-refractivity contribution < 1.29 is 4.74 Å². The molecule has 1 aromatic heterocycles. The minimum Gasteiger partial charge on any atom is -0.439 e. The van der Waals surface area contributed by atoms with Crippen LogP contribution in [-0.4, -0.2) is 14.8 Å². The summed E-state index contributed by atoms with van der Waals surface area (Å²) in [5.74, 6) is 1.38. The zero-order chi connectivity index (χ0) is 13.3. The highest BCUT2D eigenvalue weighted by Gasteiger charge is 2.08. The molecule has 0 unspecified atom stereocenters. The lowest BCUT2D eigenvalue weighted by molar-refractivity contribution is 0.430. The first-order valence-corrected chi connectivity index (χ1v) is 6.45. The van der Waals surface area contributed by atoms with E-state index < -0.39 is 0 Å². The third-order valence-corrected chi connectivity index (χ3v) is 3.26. The van der Waals surface area contributed by atoms with Gasteiger partial charge in [0, 0.05) is 23.2 Å². The average molecular weight is 326 g/mol. The summed E-state index contributed by atoms with van der Waals surface area (Å²) in [6.07, 6.45) is 0. The first-order valence-electron chi connectivity index (χ1n) is 5.25. The molecule has 0 aliphatic carbocycles. The maximum Gasteiger partial charge on any atom is 0.217 e. The van der Waals surface area contributed by atoms with Crippen molar-refractivity contribution in [2.24, 2.45) is 12.8 Å². The minimum absolute atomic E-state index is 0.352. The number of rotatable bonds is 3. The summed E-state index contributed by atoms with van der Waals surface area (Å²) in [6, 6.07) is 7.35. The summed E-state index contributed by atoms with van der Waals surface area (Å²) in [6.45, 7) is 1.92. The molecule has 0 bridgehead atoms. The van der Waals surface area contributed by atoms with E-state index in [4.69, 9.17) is 22.7 Å². The molecule has 4 nitrogen and oxygen atoms in total. The zero-order valence-corrected chi connectivity index (χ0v) is 12.4. The Balaban J connectivity index is 2.28. The third-order valence-electron chi connectivity index (χ3n) is 2.39. The summed E-state index contributed by atoms with van der Waals surface area (Å²) in [7, 11) is 1.83. The molecule has 0 fully saturated rings. The number of hydrogen-bond acceptors (Lipinski definition) is 3. The molecule has 0 radical (unpaired) electrons. The number of nitrogens with two attached hydrogens (primary N) is 1. The normalized spacial score (nSPS) is 10.4. The van der Waals surface area contributed by atoms with Gasteiger partial charge in [-0.3, -0.25) is 0 Å². The molecular weight excluding hydrogens is 314 g/mol. The van der Waals surface area contributed by atoms with E-state index in [0.29, 0.717) is 16.6 Å². The van der Waals surface area contributed by atoms with Gasteiger partial charge in [-0.15, -0.1) is 0 Å². The Labute approximate surface area is 119 Å². The van der Waals surface area contributed by atoms with Crippen LogP contribution in [0.2, 0.25) is 0 Å². The lowest BCUT2D eigenvalue weighted by Crippen LogP contribution is -2.09. The number of ether oxygens (including phenoxy) is 1. The summed E-state index contributed by atoms with van der Waals surface area (Å²) in [4.78, 5) is 0.352.